The molecule has 4 aromatic carbocycles. The Bertz CT molecular complexity index is 1820. The zero-order chi connectivity index (χ0) is 32.1. The van der Waals surface area contributed by atoms with Crippen molar-refractivity contribution < 1.29 is 33.0 Å². The molecule has 0 atom stereocenters. The standard InChI is InChI=1S/C33H24BrCl2FN2O6/c1-2-43-29-15-19(14-26(34)30(29)45-18-21-5-3-4-6-28(21)37)13-25-31(40)38-33(42)39(32(25)41)23-9-11-24(12-10-23)44-17-20-7-8-22(35)16-27(20)36/h3-16H,2,17-18H2,1H3,(H,38,40,42)/b25-13+. The summed E-state index contributed by atoms with van der Waals surface area (Å²) in [4.78, 5) is 39.9. The number of anilines is 1. The van der Waals surface area contributed by atoms with Crippen LogP contribution in [0.25, 0.3) is 6.08 Å². The summed E-state index contributed by atoms with van der Waals surface area (Å²) >= 11 is 15.6. The number of carbonyl (C=O) groups is 3. The molecule has 4 aromatic rings. The molecule has 4 amide bonds. The van der Waals surface area contributed by atoms with Crippen molar-refractivity contribution in [1.82, 2.24) is 5.32 Å². The topological polar surface area (TPSA) is 94.2 Å². The van der Waals surface area contributed by atoms with Crippen molar-refractivity contribution in [3.63, 3.8) is 0 Å². The molecule has 0 aliphatic carbocycles. The summed E-state index contributed by atoms with van der Waals surface area (Å²) in [6, 6.07) is 19.8. The molecule has 1 aliphatic heterocycles. The quantitative estimate of drug-likeness (QED) is 0.132. The largest absolute Gasteiger partial charge is 0.490 e. The second-order valence-corrected chi connectivity index (χ2v) is 11.3. The minimum atomic E-state index is -0.892. The predicted octanol–water partition coefficient (Wildman–Crippen LogP) is 8.12. The number of amides is 4. The second-order valence-electron chi connectivity index (χ2n) is 9.62. The lowest BCUT2D eigenvalue weighted by Gasteiger charge is -2.26. The third-order valence-electron chi connectivity index (χ3n) is 6.58. The van der Waals surface area contributed by atoms with E-state index >= 15 is 0 Å². The van der Waals surface area contributed by atoms with Crippen LogP contribution in [0.2, 0.25) is 10.0 Å². The van der Waals surface area contributed by atoms with Crippen LogP contribution in [0.15, 0.2) is 88.9 Å². The normalized spacial score (nSPS) is 14.0. The highest BCUT2D eigenvalue weighted by Crippen LogP contribution is 2.38. The molecule has 12 heteroatoms. The van der Waals surface area contributed by atoms with Crippen LogP contribution in [0.4, 0.5) is 14.9 Å². The zero-order valence-electron chi connectivity index (χ0n) is 23.6. The van der Waals surface area contributed by atoms with Gasteiger partial charge in [-0.2, -0.15) is 0 Å². The zero-order valence-corrected chi connectivity index (χ0v) is 26.7. The van der Waals surface area contributed by atoms with Gasteiger partial charge in [0.05, 0.1) is 16.8 Å². The first-order valence-electron chi connectivity index (χ1n) is 13.6. The Balaban J connectivity index is 1.36. The molecule has 0 radical (unpaired) electrons. The van der Waals surface area contributed by atoms with E-state index in [0.717, 1.165) is 10.5 Å². The number of nitrogens with zero attached hydrogens (tertiary/aromatic N) is 1. The van der Waals surface area contributed by atoms with Crippen LogP contribution in [0.3, 0.4) is 0 Å². The summed E-state index contributed by atoms with van der Waals surface area (Å²) in [5.74, 6) is -0.985. The summed E-state index contributed by atoms with van der Waals surface area (Å²) in [7, 11) is 0. The highest BCUT2D eigenvalue weighted by molar-refractivity contribution is 9.10. The van der Waals surface area contributed by atoms with Gasteiger partial charge in [-0.3, -0.25) is 14.9 Å². The highest BCUT2D eigenvalue weighted by Gasteiger charge is 2.37. The molecule has 1 heterocycles. The summed E-state index contributed by atoms with van der Waals surface area (Å²) in [5.41, 5.74) is 1.45. The Hall–Kier alpha value is -4.38. The fourth-order valence-corrected chi connectivity index (χ4v) is 5.43. The Kier molecular flexibility index (Phi) is 10.1. The fraction of sp³-hybridized carbons (Fsp3) is 0.121. The Morgan fingerprint density at radius 3 is 2.33 bits per heavy atom. The summed E-state index contributed by atoms with van der Waals surface area (Å²) in [6.07, 6.45) is 1.35. The number of ether oxygens (including phenoxy) is 3. The summed E-state index contributed by atoms with van der Waals surface area (Å²) in [5, 5.41) is 3.18. The number of halogens is 4. The number of rotatable bonds is 10. The van der Waals surface area contributed by atoms with E-state index in [0.29, 0.717) is 42.9 Å². The lowest BCUT2D eigenvalue weighted by molar-refractivity contribution is -0.122. The maximum atomic E-state index is 14.1. The number of hydrogen-bond acceptors (Lipinski definition) is 6. The molecular weight excluding hydrogens is 690 g/mol. The van der Waals surface area contributed by atoms with E-state index in [1.165, 1.54) is 24.3 Å². The molecule has 0 saturated carbocycles. The van der Waals surface area contributed by atoms with Crippen molar-refractivity contribution >= 4 is 68.7 Å². The number of carbonyl (C=O) groups excluding carboxylic acids is 3. The van der Waals surface area contributed by atoms with Gasteiger partial charge in [0, 0.05) is 21.2 Å². The van der Waals surface area contributed by atoms with Crippen molar-refractivity contribution in [2.24, 2.45) is 0 Å². The molecule has 0 spiro atoms. The Morgan fingerprint density at radius 2 is 1.62 bits per heavy atom. The monoisotopic (exact) mass is 712 g/mol. The van der Waals surface area contributed by atoms with Crippen molar-refractivity contribution in [2.75, 3.05) is 11.5 Å². The number of benzene rings is 4. The number of hydrogen-bond donors (Lipinski definition) is 1. The van der Waals surface area contributed by atoms with Crippen LogP contribution >= 0.6 is 39.1 Å². The van der Waals surface area contributed by atoms with Gasteiger partial charge in [-0.05, 0) is 89.1 Å². The van der Waals surface area contributed by atoms with E-state index in [1.54, 1.807) is 67.6 Å². The average Bonchev–Trinajstić information content (AvgIpc) is 3.00. The second kappa shape index (κ2) is 14.2. The predicted molar refractivity (Wildman–Crippen MR) is 172 cm³/mol. The van der Waals surface area contributed by atoms with Crippen LogP contribution in [0, 0.1) is 5.82 Å². The van der Waals surface area contributed by atoms with E-state index in [9.17, 15) is 18.8 Å². The molecule has 0 aromatic heterocycles. The molecule has 230 valence electrons. The first-order valence-corrected chi connectivity index (χ1v) is 15.1. The van der Waals surface area contributed by atoms with Crippen molar-refractivity contribution in [3.05, 3.63) is 121 Å². The van der Waals surface area contributed by atoms with Crippen LogP contribution < -0.4 is 24.4 Å². The minimum absolute atomic E-state index is 0.0531. The van der Waals surface area contributed by atoms with Crippen LogP contribution in [-0.2, 0) is 22.8 Å². The van der Waals surface area contributed by atoms with Crippen LogP contribution in [0.1, 0.15) is 23.6 Å². The van der Waals surface area contributed by atoms with Gasteiger partial charge < -0.3 is 14.2 Å². The lowest BCUT2D eigenvalue weighted by Crippen LogP contribution is -2.54. The van der Waals surface area contributed by atoms with Gasteiger partial charge in [0.1, 0.15) is 30.4 Å². The van der Waals surface area contributed by atoms with E-state index in [-0.39, 0.29) is 31.1 Å². The van der Waals surface area contributed by atoms with Crippen LogP contribution in [0.5, 0.6) is 17.2 Å². The third kappa shape index (κ3) is 7.47. The van der Waals surface area contributed by atoms with Crippen molar-refractivity contribution in [3.8, 4) is 17.2 Å². The van der Waals surface area contributed by atoms with Gasteiger partial charge in [-0.1, -0.05) is 47.5 Å². The first-order chi connectivity index (χ1) is 21.6. The molecule has 0 bridgehead atoms. The number of barbiturate groups is 1. The summed E-state index contributed by atoms with van der Waals surface area (Å²) in [6.45, 7) is 2.19. The van der Waals surface area contributed by atoms with E-state index in [1.807, 2.05) is 0 Å². The van der Waals surface area contributed by atoms with Gasteiger partial charge in [0.2, 0.25) is 0 Å². The number of nitrogens with one attached hydrogen (secondary N) is 1. The first kappa shape index (κ1) is 32.0. The van der Waals surface area contributed by atoms with Crippen molar-refractivity contribution in [2.45, 2.75) is 20.1 Å². The lowest BCUT2D eigenvalue weighted by atomic mass is 10.1. The molecule has 1 saturated heterocycles. The Labute approximate surface area is 276 Å². The fourth-order valence-electron chi connectivity index (χ4n) is 4.39. The smallest absolute Gasteiger partial charge is 0.335 e. The minimum Gasteiger partial charge on any atom is -0.490 e. The third-order valence-corrected chi connectivity index (χ3v) is 7.75. The molecule has 8 nitrogen and oxygen atoms in total. The molecule has 45 heavy (non-hydrogen) atoms. The van der Waals surface area contributed by atoms with E-state index < -0.39 is 23.7 Å². The van der Waals surface area contributed by atoms with Crippen molar-refractivity contribution in [1.29, 1.82) is 0 Å². The molecular formula is C33H24BrCl2FN2O6. The maximum absolute atomic E-state index is 14.1. The van der Waals surface area contributed by atoms with E-state index in [2.05, 4.69) is 21.2 Å². The van der Waals surface area contributed by atoms with Gasteiger partial charge in [-0.25, -0.2) is 14.1 Å². The molecule has 1 fully saturated rings. The molecule has 0 unspecified atom stereocenters. The van der Waals surface area contributed by atoms with E-state index in [4.69, 9.17) is 37.4 Å². The SMILES string of the molecule is CCOc1cc(/C=C2\C(=O)NC(=O)N(c3ccc(OCc4ccc(Cl)cc4Cl)cc3)C2=O)cc(Br)c1OCc1ccccc1F. The highest BCUT2D eigenvalue weighted by atomic mass is 79.9. The van der Waals surface area contributed by atoms with Gasteiger partial charge in [0.15, 0.2) is 11.5 Å². The molecule has 5 rings (SSSR count). The van der Waals surface area contributed by atoms with Crippen LogP contribution in [-0.4, -0.2) is 24.5 Å². The number of imide groups is 2. The van der Waals surface area contributed by atoms with Gasteiger partial charge >= 0.3 is 6.03 Å². The van der Waals surface area contributed by atoms with Gasteiger partial charge in [0.25, 0.3) is 11.8 Å². The average molecular weight is 714 g/mol. The maximum Gasteiger partial charge on any atom is 0.335 e. The van der Waals surface area contributed by atoms with Gasteiger partial charge in [-0.15, -0.1) is 0 Å². The molecule has 1 aliphatic rings. The Morgan fingerprint density at radius 1 is 0.889 bits per heavy atom. The molecule has 1 N–H and O–H groups in total. The number of urea groups is 1. The summed E-state index contributed by atoms with van der Waals surface area (Å²) < 4.78 is 32.0.